The summed E-state index contributed by atoms with van der Waals surface area (Å²) in [4.78, 5) is 11.1. The van der Waals surface area contributed by atoms with Gasteiger partial charge in [0.05, 0.1) is 0 Å². The van der Waals surface area contributed by atoms with Crippen LogP contribution in [0, 0.1) is 11.8 Å². The fourth-order valence-corrected chi connectivity index (χ4v) is 0.939. The van der Waals surface area contributed by atoms with E-state index in [0.717, 1.165) is 6.42 Å². The molecular formula is C8H15NO. The first-order valence-electron chi connectivity index (χ1n) is 3.96. The molecule has 0 amide bonds. The van der Waals surface area contributed by atoms with Crippen molar-refractivity contribution < 1.29 is 4.79 Å². The Morgan fingerprint density at radius 1 is 1.70 bits per heavy atom. The van der Waals surface area contributed by atoms with Crippen LogP contribution in [-0.2, 0) is 4.79 Å². The van der Waals surface area contributed by atoms with E-state index in [1.54, 1.807) is 0 Å². The van der Waals surface area contributed by atoms with Crippen molar-refractivity contribution in [3.8, 4) is 0 Å². The highest BCUT2D eigenvalue weighted by atomic mass is 16.1. The second-order valence-corrected chi connectivity index (χ2v) is 3.25. The van der Waals surface area contributed by atoms with Crippen molar-refractivity contribution in [3.05, 3.63) is 0 Å². The van der Waals surface area contributed by atoms with Gasteiger partial charge in [-0.3, -0.25) is 4.79 Å². The van der Waals surface area contributed by atoms with Crippen LogP contribution >= 0.6 is 0 Å². The van der Waals surface area contributed by atoms with E-state index in [9.17, 15) is 4.79 Å². The fourth-order valence-electron chi connectivity index (χ4n) is 0.939. The van der Waals surface area contributed by atoms with E-state index in [1.807, 2.05) is 6.92 Å². The molecule has 1 fully saturated rings. The number of carbonyl (C=O) groups excluding carboxylic acids is 1. The minimum atomic E-state index is 0.0839. The number of hydrogen-bond donors (Lipinski definition) is 1. The van der Waals surface area contributed by atoms with Crippen LogP contribution in [0.2, 0.25) is 0 Å². The van der Waals surface area contributed by atoms with Gasteiger partial charge in [-0.25, -0.2) is 0 Å². The normalized spacial score (nSPS) is 20.6. The molecule has 1 saturated carbocycles. The van der Waals surface area contributed by atoms with Gasteiger partial charge in [-0.2, -0.15) is 0 Å². The summed E-state index contributed by atoms with van der Waals surface area (Å²) in [6.07, 6.45) is 3.28. The molecule has 0 bridgehead atoms. The summed E-state index contributed by atoms with van der Waals surface area (Å²) >= 11 is 0. The molecule has 0 radical (unpaired) electrons. The quantitative estimate of drug-likeness (QED) is 0.633. The Kier molecular flexibility index (Phi) is 2.44. The summed E-state index contributed by atoms with van der Waals surface area (Å²) in [6.45, 7) is 2.41. The third-order valence-corrected chi connectivity index (χ3v) is 2.09. The number of Topliss-reactive ketones (excluding diaryl/α,β-unsaturated/α-hetero) is 1. The lowest BCUT2D eigenvalue weighted by atomic mass is 10.0. The Bertz CT molecular complexity index is 129. The van der Waals surface area contributed by atoms with Gasteiger partial charge in [-0.1, -0.05) is 6.92 Å². The maximum absolute atomic E-state index is 11.1. The van der Waals surface area contributed by atoms with Gasteiger partial charge in [-0.15, -0.1) is 0 Å². The van der Waals surface area contributed by atoms with Crippen LogP contribution < -0.4 is 5.73 Å². The highest BCUT2D eigenvalue weighted by Gasteiger charge is 2.25. The van der Waals surface area contributed by atoms with E-state index in [0.29, 0.717) is 18.2 Å². The van der Waals surface area contributed by atoms with Crippen LogP contribution in [0.25, 0.3) is 0 Å². The number of nitrogens with two attached hydrogens (primary N) is 1. The minimum absolute atomic E-state index is 0.0839. The van der Waals surface area contributed by atoms with Crippen molar-refractivity contribution in [2.45, 2.75) is 26.2 Å². The van der Waals surface area contributed by atoms with Gasteiger partial charge in [0.1, 0.15) is 5.78 Å². The largest absolute Gasteiger partial charge is 0.330 e. The third-order valence-electron chi connectivity index (χ3n) is 2.09. The number of hydrogen-bond acceptors (Lipinski definition) is 2. The van der Waals surface area contributed by atoms with Crippen LogP contribution in [0.3, 0.4) is 0 Å². The lowest BCUT2D eigenvalue weighted by Crippen LogP contribution is -2.20. The van der Waals surface area contributed by atoms with E-state index < -0.39 is 0 Å². The molecule has 2 nitrogen and oxygen atoms in total. The molecule has 0 aromatic carbocycles. The second-order valence-electron chi connectivity index (χ2n) is 3.25. The maximum atomic E-state index is 11.1. The number of rotatable bonds is 4. The van der Waals surface area contributed by atoms with E-state index in [2.05, 4.69) is 0 Å². The number of carbonyl (C=O) groups is 1. The van der Waals surface area contributed by atoms with Gasteiger partial charge in [0.25, 0.3) is 0 Å². The van der Waals surface area contributed by atoms with E-state index >= 15 is 0 Å². The first-order chi connectivity index (χ1) is 4.74. The van der Waals surface area contributed by atoms with Crippen molar-refractivity contribution >= 4 is 5.78 Å². The summed E-state index contributed by atoms with van der Waals surface area (Å²) in [5.41, 5.74) is 5.35. The molecule has 0 aromatic rings. The SMILES string of the molecule is CC(CN)C(=O)CC1CC1. The summed E-state index contributed by atoms with van der Waals surface area (Å²) in [6, 6.07) is 0. The highest BCUT2D eigenvalue weighted by molar-refractivity contribution is 5.81. The summed E-state index contributed by atoms with van der Waals surface area (Å²) in [5, 5.41) is 0. The molecule has 0 saturated heterocycles. The number of ketones is 1. The topological polar surface area (TPSA) is 43.1 Å². The molecular weight excluding hydrogens is 126 g/mol. The predicted molar refractivity (Wildman–Crippen MR) is 40.6 cm³/mol. The van der Waals surface area contributed by atoms with Crippen LogP contribution in [0.15, 0.2) is 0 Å². The van der Waals surface area contributed by atoms with E-state index in [-0.39, 0.29) is 5.92 Å². The second kappa shape index (κ2) is 3.15. The van der Waals surface area contributed by atoms with Gasteiger partial charge >= 0.3 is 0 Å². The lowest BCUT2D eigenvalue weighted by molar-refractivity contribution is -0.122. The fraction of sp³-hybridized carbons (Fsp3) is 0.875. The van der Waals surface area contributed by atoms with Crippen molar-refractivity contribution in [2.75, 3.05) is 6.54 Å². The van der Waals surface area contributed by atoms with Crippen LogP contribution in [0.5, 0.6) is 0 Å². The first kappa shape index (κ1) is 7.73. The molecule has 2 heteroatoms. The standard InChI is InChI=1S/C8H15NO/c1-6(5-9)8(10)4-7-2-3-7/h6-7H,2-5,9H2,1H3. The summed E-state index contributed by atoms with van der Waals surface area (Å²) in [7, 11) is 0. The molecule has 0 aliphatic heterocycles. The zero-order valence-electron chi connectivity index (χ0n) is 6.47. The molecule has 10 heavy (non-hydrogen) atoms. The summed E-state index contributed by atoms with van der Waals surface area (Å²) in [5.74, 6) is 1.15. The van der Waals surface area contributed by atoms with Crippen molar-refractivity contribution in [1.82, 2.24) is 0 Å². The molecule has 1 unspecified atom stereocenters. The average molecular weight is 141 g/mol. The molecule has 0 aromatic heterocycles. The van der Waals surface area contributed by atoms with Gasteiger partial charge in [0, 0.05) is 18.9 Å². The van der Waals surface area contributed by atoms with Crippen LogP contribution in [0.1, 0.15) is 26.2 Å². The zero-order valence-corrected chi connectivity index (χ0v) is 6.47. The molecule has 1 aliphatic carbocycles. The van der Waals surface area contributed by atoms with Crippen LogP contribution in [0.4, 0.5) is 0 Å². The zero-order chi connectivity index (χ0) is 7.56. The molecule has 1 rings (SSSR count). The van der Waals surface area contributed by atoms with Gasteiger partial charge in [0.2, 0.25) is 0 Å². The average Bonchev–Trinajstić information content (AvgIpc) is 2.70. The lowest BCUT2D eigenvalue weighted by Gasteiger charge is -2.04. The van der Waals surface area contributed by atoms with Crippen molar-refractivity contribution in [2.24, 2.45) is 17.6 Å². The first-order valence-corrected chi connectivity index (χ1v) is 3.96. The van der Waals surface area contributed by atoms with Gasteiger partial charge in [0.15, 0.2) is 0 Å². The Hall–Kier alpha value is -0.370. The Labute approximate surface area is 61.8 Å². The molecule has 58 valence electrons. The van der Waals surface area contributed by atoms with E-state index in [4.69, 9.17) is 5.73 Å². The van der Waals surface area contributed by atoms with Crippen molar-refractivity contribution in [3.63, 3.8) is 0 Å². The molecule has 1 aliphatic rings. The van der Waals surface area contributed by atoms with Gasteiger partial charge in [-0.05, 0) is 18.8 Å². The Morgan fingerprint density at radius 2 is 2.30 bits per heavy atom. The molecule has 2 N–H and O–H groups in total. The third kappa shape index (κ3) is 2.10. The smallest absolute Gasteiger partial charge is 0.137 e. The maximum Gasteiger partial charge on any atom is 0.137 e. The highest BCUT2D eigenvalue weighted by Crippen LogP contribution is 2.33. The summed E-state index contributed by atoms with van der Waals surface area (Å²) < 4.78 is 0. The van der Waals surface area contributed by atoms with Crippen LogP contribution in [-0.4, -0.2) is 12.3 Å². The Morgan fingerprint density at radius 3 is 2.70 bits per heavy atom. The van der Waals surface area contributed by atoms with Crippen molar-refractivity contribution in [1.29, 1.82) is 0 Å². The van der Waals surface area contributed by atoms with Gasteiger partial charge < -0.3 is 5.73 Å². The monoisotopic (exact) mass is 141 g/mol. The Balaban J connectivity index is 2.18. The van der Waals surface area contributed by atoms with E-state index in [1.165, 1.54) is 12.8 Å². The molecule has 0 spiro atoms. The minimum Gasteiger partial charge on any atom is -0.330 e. The molecule has 1 atom stereocenters. The predicted octanol–water partition coefficient (Wildman–Crippen LogP) is 0.950. The molecule has 0 heterocycles.